The fourth-order valence-electron chi connectivity index (χ4n) is 2.32. The van der Waals surface area contributed by atoms with E-state index in [1.807, 2.05) is 0 Å². The maximum absolute atomic E-state index is 12.6. The minimum absolute atomic E-state index is 0.187. The molecule has 24 heavy (non-hydrogen) atoms. The highest BCUT2D eigenvalue weighted by atomic mass is 32.1. The van der Waals surface area contributed by atoms with Crippen molar-refractivity contribution >= 4 is 33.1 Å². The molecule has 9 heteroatoms. The van der Waals surface area contributed by atoms with Crippen LogP contribution in [0.25, 0.3) is 21.6 Å². The largest absolute Gasteiger partial charge is 0.416 e. The number of nitrogens with two attached hydrogens (primary N) is 2. The number of amides is 1. The summed E-state index contributed by atoms with van der Waals surface area (Å²) >= 11 is 1.03. The Morgan fingerprint density at radius 1 is 1.17 bits per heavy atom. The monoisotopic (exact) mass is 352 g/mol. The lowest BCUT2D eigenvalue weighted by Gasteiger charge is -2.07. The fraction of sp³-hybridized carbons (Fsp3) is 0.133. The molecule has 0 fully saturated rings. The zero-order chi connectivity index (χ0) is 17.6. The van der Waals surface area contributed by atoms with Gasteiger partial charge in [0.2, 0.25) is 0 Å². The van der Waals surface area contributed by atoms with Crippen LogP contribution in [-0.2, 0) is 6.18 Å². The van der Waals surface area contributed by atoms with Gasteiger partial charge in [-0.25, -0.2) is 9.97 Å². The molecule has 0 spiro atoms. The molecule has 0 aliphatic carbocycles. The topological polar surface area (TPSA) is 94.9 Å². The van der Waals surface area contributed by atoms with E-state index in [0.717, 1.165) is 23.5 Å². The number of primary amides is 1. The van der Waals surface area contributed by atoms with E-state index in [4.69, 9.17) is 11.5 Å². The van der Waals surface area contributed by atoms with E-state index < -0.39 is 17.6 Å². The molecular weight excluding hydrogens is 341 g/mol. The summed E-state index contributed by atoms with van der Waals surface area (Å²) in [5.41, 5.74) is 11.6. The molecule has 5 nitrogen and oxygen atoms in total. The van der Waals surface area contributed by atoms with Gasteiger partial charge in [0, 0.05) is 5.56 Å². The number of nitrogens with zero attached hydrogens (tertiary/aromatic N) is 2. The first-order chi connectivity index (χ1) is 11.2. The third-order valence-corrected chi connectivity index (χ3v) is 4.58. The zero-order valence-corrected chi connectivity index (χ0v) is 13.1. The van der Waals surface area contributed by atoms with Crippen molar-refractivity contribution < 1.29 is 18.0 Å². The van der Waals surface area contributed by atoms with Crippen molar-refractivity contribution in [2.45, 2.75) is 13.1 Å². The molecule has 0 unspecified atom stereocenters. The minimum atomic E-state index is -4.40. The van der Waals surface area contributed by atoms with Gasteiger partial charge >= 0.3 is 6.18 Å². The number of halogens is 3. The number of carbonyl (C=O) groups excluding carboxylic acids is 1. The third kappa shape index (κ3) is 2.67. The van der Waals surface area contributed by atoms with Crippen LogP contribution in [0.2, 0.25) is 0 Å². The van der Waals surface area contributed by atoms with Crippen LogP contribution in [0.15, 0.2) is 24.3 Å². The summed E-state index contributed by atoms with van der Waals surface area (Å²) in [4.78, 5) is 20.6. The molecular formula is C15H11F3N4OS. The number of aromatic nitrogens is 2. The number of thiophene rings is 1. The van der Waals surface area contributed by atoms with Crippen LogP contribution in [0.3, 0.4) is 0 Å². The molecule has 3 rings (SSSR count). The summed E-state index contributed by atoms with van der Waals surface area (Å²) in [6.07, 6.45) is -4.40. The number of anilines is 1. The normalized spacial score (nSPS) is 11.8. The second-order valence-corrected chi connectivity index (χ2v) is 6.10. The number of alkyl halides is 3. The predicted molar refractivity (Wildman–Crippen MR) is 85.5 cm³/mol. The SMILES string of the molecule is Cc1nc(-c2ccc(C(F)(F)F)cc2)nc2sc(C(N)=O)c(N)c12. The first-order valence-corrected chi connectivity index (χ1v) is 7.54. The molecule has 1 amide bonds. The van der Waals surface area contributed by atoms with Crippen molar-refractivity contribution in [2.24, 2.45) is 5.73 Å². The maximum atomic E-state index is 12.6. The Hall–Kier alpha value is -2.68. The van der Waals surface area contributed by atoms with Crippen LogP contribution in [0.5, 0.6) is 0 Å². The standard InChI is InChI=1S/C15H11F3N4OS/c1-6-9-10(19)11(12(20)23)24-14(9)22-13(21-6)7-2-4-8(5-3-7)15(16,17)18/h2-5H,19H2,1H3,(H2,20,23). The van der Waals surface area contributed by atoms with E-state index in [9.17, 15) is 18.0 Å². The number of rotatable bonds is 2. The Morgan fingerprint density at radius 3 is 2.33 bits per heavy atom. The van der Waals surface area contributed by atoms with Gasteiger partial charge in [-0.3, -0.25) is 4.79 Å². The Balaban J connectivity index is 2.12. The van der Waals surface area contributed by atoms with Gasteiger partial charge in [0.1, 0.15) is 9.71 Å². The minimum Gasteiger partial charge on any atom is -0.397 e. The van der Waals surface area contributed by atoms with E-state index >= 15 is 0 Å². The summed E-state index contributed by atoms with van der Waals surface area (Å²) in [7, 11) is 0. The lowest BCUT2D eigenvalue weighted by atomic mass is 10.1. The van der Waals surface area contributed by atoms with Crippen LogP contribution in [0.1, 0.15) is 20.9 Å². The van der Waals surface area contributed by atoms with Gasteiger partial charge in [-0.1, -0.05) is 12.1 Å². The van der Waals surface area contributed by atoms with Gasteiger partial charge in [0.25, 0.3) is 5.91 Å². The van der Waals surface area contributed by atoms with E-state index in [0.29, 0.717) is 21.5 Å². The highest BCUT2D eigenvalue weighted by Crippen LogP contribution is 2.35. The summed E-state index contributed by atoms with van der Waals surface area (Å²) < 4.78 is 37.9. The van der Waals surface area contributed by atoms with Gasteiger partial charge in [-0.2, -0.15) is 13.2 Å². The van der Waals surface area contributed by atoms with Gasteiger partial charge < -0.3 is 11.5 Å². The molecule has 0 aliphatic heterocycles. The Labute approximate surface area is 138 Å². The van der Waals surface area contributed by atoms with E-state index in [1.165, 1.54) is 12.1 Å². The van der Waals surface area contributed by atoms with Crippen molar-refractivity contribution in [3.63, 3.8) is 0 Å². The number of hydrogen-bond acceptors (Lipinski definition) is 5. The molecule has 0 bridgehead atoms. The molecule has 0 saturated heterocycles. The van der Waals surface area contributed by atoms with Crippen LogP contribution >= 0.6 is 11.3 Å². The molecule has 4 N–H and O–H groups in total. The number of carbonyl (C=O) groups is 1. The summed E-state index contributed by atoms with van der Waals surface area (Å²) in [5, 5.41) is 0.532. The Morgan fingerprint density at radius 2 is 1.79 bits per heavy atom. The molecule has 0 radical (unpaired) electrons. The average molecular weight is 352 g/mol. The maximum Gasteiger partial charge on any atom is 0.416 e. The van der Waals surface area contributed by atoms with Gasteiger partial charge in [0.05, 0.1) is 22.3 Å². The molecule has 2 heterocycles. The van der Waals surface area contributed by atoms with Crippen LogP contribution in [0, 0.1) is 6.92 Å². The number of hydrogen-bond donors (Lipinski definition) is 2. The van der Waals surface area contributed by atoms with Crippen LogP contribution < -0.4 is 11.5 Å². The lowest BCUT2D eigenvalue weighted by Crippen LogP contribution is -2.10. The summed E-state index contributed by atoms with van der Waals surface area (Å²) in [6.45, 7) is 1.69. The molecule has 2 aromatic heterocycles. The first-order valence-electron chi connectivity index (χ1n) is 6.72. The smallest absolute Gasteiger partial charge is 0.397 e. The van der Waals surface area contributed by atoms with Gasteiger partial charge in [-0.15, -0.1) is 11.3 Å². The number of aryl methyl sites for hydroxylation is 1. The highest BCUT2D eigenvalue weighted by Gasteiger charge is 2.30. The summed E-state index contributed by atoms with van der Waals surface area (Å²) in [5.74, 6) is -0.406. The van der Waals surface area contributed by atoms with Crippen LogP contribution in [-0.4, -0.2) is 15.9 Å². The predicted octanol–water partition coefficient (Wildman–Crippen LogP) is 3.37. The highest BCUT2D eigenvalue weighted by molar-refractivity contribution is 7.21. The number of fused-ring (bicyclic) bond motifs is 1. The molecule has 124 valence electrons. The second kappa shape index (κ2) is 5.45. The van der Waals surface area contributed by atoms with Gasteiger partial charge in [-0.05, 0) is 19.1 Å². The quantitative estimate of drug-likeness (QED) is 0.739. The zero-order valence-electron chi connectivity index (χ0n) is 12.3. The summed E-state index contributed by atoms with van der Waals surface area (Å²) in [6, 6.07) is 4.54. The molecule has 1 aromatic carbocycles. The molecule has 0 atom stereocenters. The first kappa shape index (κ1) is 16.2. The van der Waals surface area contributed by atoms with E-state index in [-0.39, 0.29) is 16.4 Å². The number of nitrogen functional groups attached to an aromatic ring is 1. The molecule has 3 aromatic rings. The van der Waals surface area contributed by atoms with Crippen LogP contribution in [0.4, 0.5) is 18.9 Å². The Bertz CT molecular complexity index is 948. The Kier molecular flexibility index (Phi) is 3.67. The second-order valence-electron chi connectivity index (χ2n) is 5.10. The lowest BCUT2D eigenvalue weighted by molar-refractivity contribution is -0.137. The van der Waals surface area contributed by atoms with E-state index in [1.54, 1.807) is 6.92 Å². The van der Waals surface area contributed by atoms with Crippen molar-refractivity contribution in [1.29, 1.82) is 0 Å². The number of benzene rings is 1. The van der Waals surface area contributed by atoms with Crippen molar-refractivity contribution in [2.75, 3.05) is 5.73 Å². The fourth-order valence-corrected chi connectivity index (χ4v) is 3.31. The van der Waals surface area contributed by atoms with Crippen molar-refractivity contribution in [3.05, 3.63) is 40.4 Å². The van der Waals surface area contributed by atoms with Gasteiger partial charge in [0.15, 0.2) is 5.82 Å². The average Bonchev–Trinajstić information content (AvgIpc) is 2.84. The third-order valence-electron chi connectivity index (χ3n) is 3.46. The van der Waals surface area contributed by atoms with E-state index in [2.05, 4.69) is 9.97 Å². The molecule has 0 aliphatic rings. The molecule has 0 saturated carbocycles. The van der Waals surface area contributed by atoms with Crippen molar-refractivity contribution in [1.82, 2.24) is 9.97 Å². The van der Waals surface area contributed by atoms with Crippen molar-refractivity contribution in [3.8, 4) is 11.4 Å².